The maximum Gasteiger partial charge on any atom is 0.0271 e. The van der Waals surface area contributed by atoms with Crippen LogP contribution in [0.4, 0.5) is 0 Å². The zero-order chi connectivity index (χ0) is 9.64. The van der Waals surface area contributed by atoms with Crippen LogP contribution in [0.5, 0.6) is 0 Å². The summed E-state index contributed by atoms with van der Waals surface area (Å²) in [6.07, 6.45) is 10.6. The molecule has 1 aliphatic carbocycles. The van der Waals surface area contributed by atoms with Crippen molar-refractivity contribution < 1.29 is 0 Å². The fraction of sp³-hybridized carbons (Fsp3) is 0.583. The molecule has 0 radical (unpaired) electrons. The Balaban J connectivity index is 1.76. The molecular weight excluding hydrogens is 172 g/mol. The Morgan fingerprint density at radius 1 is 1.14 bits per heavy atom. The maximum atomic E-state index is 4.01. The van der Waals surface area contributed by atoms with Gasteiger partial charge in [0.25, 0.3) is 0 Å². The van der Waals surface area contributed by atoms with Gasteiger partial charge < -0.3 is 5.32 Å². The summed E-state index contributed by atoms with van der Waals surface area (Å²) in [5.74, 6) is 0. The van der Waals surface area contributed by atoms with E-state index in [0.29, 0.717) is 0 Å². The van der Waals surface area contributed by atoms with Crippen molar-refractivity contribution in [2.45, 2.75) is 44.7 Å². The SMILES string of the molecule is c1cc(CNC2CCCCC2)ccn1. The van der Waals surface area contributed by atoms with Crippen LogP contribution in [0, 0.1) is 0 Å². The van der Waals surface area contributed by atoms with Crippen LogP contribution >= 0.6 is 0 Å². The first-order chi connectivity index (χ1) is 6.95. The highest BCUT2D eigenvalue weighted by Crippen LogP contribution is 2.17. The standard InChI is InChI=1S/C12H18N2/c1-2-4-12(5-3-1)14-10-11-6-8-13-9-7-11/h6-9,12,14H,1-5,10H2. The molecule has 0 unspecified atom stereocenters. The van der Waals surface area contributed by atoms with E-state index in [9.17, 15) is 0 Å². The molecule has 1 heterocycles. The minimum atomic E-state index is 0.747. The lowest BCUT2D eigenvalue weighted by molar-refractivity contribution is 0.372. The first-order valence-electron chi connectivity index (χ1n) is 5.57. The molecule has 1 aromatic rings. The molecule has 1 aliphatic rings. The van der Waals surface area contributed by atoms with E-state index in [1.165, 1.54) is 37.7 Å². The number of hydrogen-bond acceptors (Lipinski definition) is 2. The van der Waals surface area contributed by atoms with Crippen molar-refractivity contribution in [1.82, 2.24) is 10.3 Å². The molecule has 0 saturated heterocycles. The third kappa shape index (κ3) is 2.81. The van der Waals surface area contributed by atoms with Gasteiger partial charge in [0.1, 0.15) is 0 Å². The molecule has 1 fully saturated rings. The smallest absolute Gasteiger partial charge is 0.0271 e. The summed E-state index contributed by atoms with van der Waals surface area (Å²) in [4.78, 5) is 4.01. The van der Waals surface area contributed by atoms with Crippen LogP contribution in [0.1, 0.15) is 37.7 Å². The first-order valence-corrected chi connectivity index (χ1v) is 5.57. The molecule has 1 saturated carbocycles. The highest BCUT2D eigenvalue weighted by molar-refractivity contribution is 5.09. The molecule has 2 nitrogen and oxygen atoms in total. The van der Waals surface area contributed by atoms with Crippen LogP contribution in [-0.4, -0.2) is 11.0 Å². The molecule has 2 heteroatoms. The van der Waals surface area contributed by atoms with Crippen LogP contribution in [0.3, 0.4) is 0 Å². The average molecular weight is 190 g/mol. The maximum absolute atomic E-state index is 4.01. The molecule has 76 valence electrons. The fourth-order valence-electron chi connectivity index (χ4n) is 2.07. The van der Waals surface area contributed by atoms with Crippen LogP contribution in [-0.2, 0) is 6.54 Å². The van der Waals surface area contributed by atoms with Gasteiger partial charge in [0.15, 0.2) is 0 Å². The second kappa shape index (κ2) is 5.11. The summed E-state index contributed by atoms with van der Waals surface area (Å²) < 4.78 is 0. The first kappa shape index (κ1) is 9.66. The van der Waals surface area contributed by atoms with Crippen LogP contribution < -0.4 is 5.32 Å². The van der Waals surface area contributed by atoms with E-state index in [4.69, 9.17) is 0 Å². The number of nitrogens with zero attached hydrogens (tertiary/aromatic N) is 1. The van der Waals surface area contributed by atoms with E-state index in [1.54, 1.807) is 0 Å². The summed E-state index contributed by atoms with van der Waals surface area (Å²) in [6.45, 7) is 0.993. The molecule has 1 N–H and O–H groups in total. The van der Waals surface area contributed by atoms with Gasteiger partial charge in [-0.05, 0) is 30.5 Å². The van der Waals surface area contributed by atoms with Crippen molar-refractivity contribution in [3.63, 3.8) is 0 Å². The molecule has 0 aromatic carbocycles. The van der Waals surface area contributed by atoms with Crippen molar-refractivity contribution in [3.05, 3.63) is 30.1 Å². The molecule has 1 aromatic heterocycles. The largest absolute Gasteiger partial charge is 0.310 e. The molecule has 0 atom stereocenters. The van der Waals surface area contributed by atoms with E-state index in [2.05, 4.69) is 22.4 Å². The number of hydrogen-bond donors (Lipinski definition) is 1. The Morgan fingerprint density at radius 2 is 1.86 bits per heavy atom. The summed E-state index contributed by atoms with van der Waals surface area (Å²) in [5.41, 5.74) is 1.34. The van der Waals surface area contributed by atoms with E-state index in [-0.39, 0.29) is 0 Å². The predicted octanol–water partition coefficient (Wildman–Crippen LogP) is 2.50. The summed E-state index contributed by atoms with van der Waals surface area (Å²) in [6, 6.07) is 4.91. The van der Waals surface area contributed by atoms with Crippen molar-refractivity contribution in [1.29, 1.82) is 0 Å². The zero-order valence-corrected chi connectivity index (χ0v) is 8.58. The number of aromatic nitrogens is 1. The van der Waals surface area contributed by atoms with Crippen molar-refractivity contribution in [3.8, 4) is 0 Å². The minimum absolute atomic E-state index is 0.747. The van der Waals surface area contributed by atoms with Gasteiger partial charge in [0.05, 0.1) is 0 Å². The average Bonchev–Trinajstić information content (AvgIpc) is 2.29. The van der Waals surface area contributed by atoms with Gasteiger partial charge in [0.2, 0.25) is 0 Å². The van der Waals surface area contributed by atoms with Crippen molar-refractivity contribution in [2.24, 2.45) is 0 Å². The summed E-state index contributed by atoms with van der Waals surface area (Å²) in [7, 11) is 0. The molecule has 14 heavy (non-hydrogen) atoms. The lowest BCUT2D eigenvalue weighted by atomic mass is 9.95. The van der Waals surface area contributed by atoms with Gasteiger partial charge in [-0.1, -0.05) is 19.3 Å². The van der Waals surface area contributed by atoms with Crippen LogP contribution in [0.2, 0.25) is 0 Å². The third-order valence-corrected chi connectivity index (χ3v) is 2.95. The number of rotatable bonds is 3. The van der Waals surface area contributed by atoms with E-state index in [1.807, 2.05) is 12.4 Å². The topological polar surface area (TPSA) is 24.9 Å². The van der Waals surface area contributed by atoms with Crippen LogP contribution in [0.25, 0.3) is 0 Å². The lowest BCUT2D eigenvalue weighted by Gasteiger charge is -2.22. The molecule has 0 aliphatic heterocycles. The molecule has 0 spiro atoms. The molecular formula is C12H18N2. The highest BCUT2D eigenvalue weighted by atomic mass is 14.9. The van der Waals surface area contributed by atoms with E-state index < -0.39 is 0 Å². The lowest BCUT2D eigenvalue weighted by Crippen LogP contribution is -2.30. The van der Waals surface area contributed by atoms with Gasteiger partial charge in [-0.25, -0.2) is 0 Å². The van der Waals surface area contributed by atoms with Gasteiger partial charge in [-0.3, -0.25) is 4.98 Å². The molecule has 0 bridgehead atoms. The zero-order valence-electron chi connectivity index (χ0n) is 8.58. The van der Waals surface area contributed by atoms with Crippen LogP contribution in [0.15, 0.2) is 24.5 Å². The van der Waals surface area contributed by atoms with Gasteiger partial charge >= 0.3 is 0 Å². The Morgan fingerprint density at radius 3 is 2.57 bits per heavy atom. The Kier molecular flexibility index (Phi) is 3.52. The number of nitrogens with one attached hydrogen (secondary N) is 1. The second-order valence-corrected chi connectivity index (χ2v) is 4.07. The Labute approximate surface area is 85.7 Å². The van der Waals surface area contributed by atoms with Crippen molar-refractivity contribution >= 4 is 0 Å². The van der Waals surface area contributed by atoms with Gasteiger partial charge in [-0.15, -0.1) is 0 Å². The Hall–Kier alpha value is -0.890. The summed E-state index contributed by atoms with van der Waals surface area (Å²) in [5, 5.41) is 3.61. The third-order valence-electron chi connectivity index (χ3n) is 2.95. The second-order valence-electron chi connectivity index (χ2n) is 4.07. The Bertz CT molecular complexity index is 252. The summed E-state index contributed by atoms with van der Waals surface area (Å²) >= 11 is 0. The van der Waals surface area contributed by atoms with Gasteiger partial charge in [0, 0.05) is 25.0 Å². The molecule has 0 amide bonds. The number of pyridine rings is 1. The van der Waals surface area contributed by atoms with E-state index >= 15 is 0 Å². The molecule has 2 rings (SSSR count). The van der Waals surface area contributed by atoms with Crippen molar-refractivity contribution in [2.75, 3.05) is 0 Å². The highest BCUT2D eigenvalue weighted by Gasteiger charge is 2.11. The minimum Gasteiger partial charge on any atom is -0.310 e. The van der Waals surface area contributed by atoms with Gasteiger partial charge in [-0.2, -0.15) is 0 Å². The predicted molar refractivity (Wildman–Crippen MR) is 57.9 cm³/mol. The fourth-order valence-corrected chi connectivity index (χ4v) is 2.07. The van der Waals surface area contributed by atoms with E-state index in [0.717, 1.165) is 12.6 Å². The monoisotopic (exact) mass is 190 g/mol. The quantitative estimate of drug-likeness (QED) is 0.792. The normalized spacial score (nSPS) is 18.3.